The van der Waals surface area contributed by atoms with Crippen LogP contribution in [0, 0.1) is 5.82 Å². The van der Waals surface area contributed by atoms with E-state index < -0.39 is 5.82 Å². The van der Waals surface area contributed by atoms with E-state index in [4.69, 9.17) is 0 Å². The lowest BCUT2D eigenvalue weighted by atomic mass is 10.0. The zero-order chi connectivity index (χ0) is 23.7. The van der Waals surface area contributed by atoms with E-state index in [9.17, 15) is 14.0 Å². The summed E-state index contributed by atoms with van der Waals surface area (Å²) >= 11 is 0. The maximum absolute atomic E-state index is 14.0. The first-order chi connectivity index (χ1) is 16.5. The minimum Gasteiger partial charge on any atom is -0.311 e. The van der Waals surface area contributed by atoms with Gasteiger partial charge >= 0.3 is 0 Å². The summed E-state index contributed by atoms with van der Waals surface area (Å²) in [6.45, 7) is 0.435. The van der Waals surface area contributed by atoms with Crippen LogP contribution in [-0.4, -0.2) is 38.5 Å². The Kier molecular flexibility index (Phi) is 5.59. The van der Waals surface area contributed by atoms with Gasteiger partial charge in [-0.2, -0.15) is 5.10 Å². The summed E-state index contributed by atoms with van der Waals surface area (Å²) in [5.41, 5.74) is 3.58. The molecule has 2 aromatic heterocycles. The number of hydrogen-bond donors (Lipinski definition) is 1. The lowest BCUT2D eigenvalue weighted by Crippen LogP contribution is -2.31. The van der Waals surface area contributed by atoms with Crippen LogP contribution in [0.1, 0.15) is 21.5 Å². The first kappa shape index (κ1) is 21.4. The van der Waals surface area contributed by atoms with E-state index in [0.29, 0.717) is 41.4 Å². The van der Waals surface area contributed by atoms with Crippen molar-refractivity contribution in [3.05, 3.63) is 83.4 Å². The number of benzene rings is 2. The molecule has 8 nitrogen and oxygen atoms in total. The van der Waals surface area contributed by atoms with Crippen LogP contribution in [0.3, 0.4) is 0 Å². The van der Waals surface area contributed by atoms with Gasteiger partial charge in [0.15, 0.2) is 6.29 Å². The fourth-order valence-electron chi connectivity index (χ4n) is 4.16. The van der Waals surface area contributed by atoms with Crippen molar-refractivity contribution in [1.29, 1.82) is 0 Å². The van der Waals surface area contributed by atoms with Gasteiger partial charge in [-0.25, -0.2) is 14.4 Å². The topological polar surface area (TPSA) is 93.0 Å². The van der Waals surface area contributed by atoms with Gasteiger partial charge in [0.2, 0.25) is 11.9 Å². The molecule has 3 heterocycles. The molecule has 1 N–H and O–H groups in total. The molecule has 0 fully saturated rings. The summed E-state index contributed by atoms with van der Waals surface area (Å²) in [4.78, 5) is 35.4. The molecule has 1 aliphatic heterocycles. The minimum absolute atomic E-state index is 0.0683. The summed E-state index contributed by atoms with van der Waals surface area (Å²) in [5.74, 6) is 0.476. The van der Waals surface area contributed by atoms with E-state index in [2.05, 4.69) is 20.4 Å². The summed E-state index contributed by atoms with van der Waals surface area (Å²) in [6.07, 6.45) is 4.58. The van der Waals surface area contributed by atoms with Gasteiger partial charge in [-0.15, -0.1) is 0 Å². The number of nitrogens with zero attached hydrogens (tertiary/aromatic N) is 5. The van der Waals surface area contributed by atoms with Gasteiger partial charge in [0.25, 0.3) is 0 Å². The minimum atomic E-state index is -0.416. The SMILES string of the molecule is Cn1nccc1Nc1nccc(-c2cc(C=O)c3c(c2)CCN3C(=O)Cc2ccccc2F)n1. The van der Waals surface area contributed by atoms with Crippen molar-refractivity contribution < 1.29 is 14.0 Å². The first-order valence-corrected chi connectivity index (χ1v) is 10.8. The number of carbonyl (C=O) groups excluding carboxylic acids is 2. The first-order valence-electron chi connectivity index (χ1n) is 10.8. The number of fused-ring (bicyclic) bond motifs is 1. The molecule has 0 bridgehead atoms. The molecule has 0 unspecified atom stereocenters. The van der Waals surface area contributed by atoms with Crippen LogP contribution in [0.5, 0.6) is 0 Å². The third kappa shape index (κ3) is 4.03. The van der Waals surface area contributed by atoms with Crippen LogP contribution in [0.15, 0.2) is 60.9 Å². The van der Waals surface area contributed by atoms with Crippen molar-refractivity contribution >= 4 is 29.6 Å². The molecule has 5 rings (SSSR count). The lowest BCUT2D eigenvalue weighted by molar-refractivity contribution is -0.117. The van der Waals surface area contributed by atoms with Gasteiger partial charge in [-0.3, -0.25) is 14.3 Å². The van der Waals surface area contributed by atoms with Gasteiger partial charge in [-0.05, 0) is 41.8 Å². The molecular formula is C25H21FN6O2. The van der Waals surface area contributed by atoms with Crippen LogP contribution in [-0.2, 0) is 24.7 Å². The van der Waals surface area contributed by atoms with E-state index in [1.807, 2.05) is 19.2 Å². The van der Waals surface area contributed by atoms with Gasteiger partial charge in [0, 0.05) is 37.0 Å². The zero-order valence-electron chi connectivity index (χ0n) is 18.4. The Bertz CT molecular complexity index is 1400. The number of rotatable bonds is 6. The van der Waals surface area contributed by atoms with Crippen molar-refractivity contribution in [1.82, 2.24) is 19.7 Å². The summed E-state index contributed by atoms with van der Waals surface area (Å²) < 4.78 is 15.7. The predicted octanol–water partition coefficient (Wildman–Crippen LogP) is 3.70. The molecule has 34 heavy (non-hydrogen) atoms. The molecule has 0 aliphatic carbocycles. The van der Waals surface area contributed by atoms with E-state index in [1.165, 1.54) is 6.07 Å². The summed E-state index contributed by atoms with van der Waals surface area (Å²) in [7, 11) is 1.81. The second-order valence-corrected chi connectivity index (χ2v) is 7.99. The number of anilines is 3. The molecule has 0 radical (unpaired) electrons. The standard InChI is InChI=1S/C25H21FN6O2/c1-31-22(7-10-28-31)30-25-27-9-6-21(29-25)18-12-17-8-11-32(24(17)19(13-18)15-33)23(34)14-16-4-2-3-5-20(16)26/h2-7,9-10,12-13,15H,8,11,14H2,1H3,(H,27,29,30). The number of aromatic nitrogens is 4. The van der Waals surface area contributed by atoms with Gasteiger partial charge in [0.05, 0.1) is 24.0 Å². The number of aryl methyl sites for hydroxylation is 1. The smallest absolute Gasteiger partial charge is 0.231 e. The number of aldehydes is 1. The second-order valence-electron chi connectivity index (χ2n) is 7.99. The monoisotopic (exact) mass is 456 g/mol. The van der Waals surface area contributed by atoms with Crippen LogP contribution >= 0.6 is 0 Å². The highest BCUT2D eigenvalue weighted by atomic mass is 19.1. The lowest BCUT2D eigenvalue weighted by Gasteiger charge is -2.20. The highest BCUT2D eigenvalue weighted by molar-refractivity contribution is 6.02. The molecule has 1 aliphatic rings. The Morgan fingerprint density at radius 2 is 2.03 bits per heavy atom. The molecule has 9 heteroatoms. The van der Waals surface area contributed by atoms with Crippen molar-refractivity contribution in [2.75, 3.05) is 16.8 Å². The van der Waals surface area contributed by atoms with E-state index in [1.54, 1.807) is 52.3 Å². The largest absolute Gasteiger partial charge is 0.311 e. The van der Waals surface area contributed by atoms with Crippen molar-refractivity contribution in [2.24, 2.45) is 7.05 Å². The average Bonchev–Trinajstić information content (AvgIpc) is 3.46. The van der Waals surface area contributed by atoms with E-state index in [-0.39, 0.29) is 12.3 Å². The fraction of sp³-hybridized carbons (Fsp3) is 0.160. The Morgan fingerprint density at radius 3 is 2.79 bits per heavy atom. The normalized spacial score (nSPS) is 12.5. The fourth-order valence-corrected chi connectivity index (χ4v) is 4.16. The van der Waals surface area contributed by atoms with Crippen molar-refractivity contribution in [3.8, 4) is 11.3 Å². The number of hydrogen-bond acceptors (Lipinski definition) is 6. The Balaban J connectivity index is 1.44. The number of carbonyl (C=O) groups is 2. The molecule has 4 aromatic rings. The summed E-state index contributed by atoms with van der Waals surface area (Å²) in [6, 6.07) is 13.5. The number of halogens is 1. The Labute approximate surface area is 195 Å². The Hall–Kier alpha value is -4.40. The van der Waals surface area contributed by atoms with E-state index in [0.717, 1.165) is 23.2 Å². The van der Waals surface area contributed by atoms with Gasteiger partial charge < -0.3 is 10.2 Å². The molecule has 0 saturated carbocycles. The third-order valence-electron chi connectivity index (χ3n) is 5.83. The third-order valence-corrected chi connectivity index (χ3v) is 5.83. The molecule has 0 saturated heterocycles. The molecule has 2 aromatic carbocycles. The maximum atomic E-state index is 14.0. The van der Waals surface area contributed by atoms with Crippen LogP contribution in [0.4, 0.5) is 21.8 Å². The average molecular weight is 456 g/mol. The van der Waals surface area contributed by atoms with Gasteiger partial charge in [0.1, 0.15) is 11.6 Å². The second kappa shape index (κ2) is 8.86. The molecule has 0 spiro atoms. The van der Waals surface area contributed by atoms with Crippen molar-refractivity contribution in [3.63, 3.8) is 0 Å². The maximum Gasteiger partial charge on any atom is 0.231 e. The van der Waals surface area contributed by atoms with Crippen molar-refractivity contribution in [2.45, 2.75) is 12.8 Å². The molecule has 170 valence electrons. The summed E-state index contributed by atoms with van der Waals surface area (Å²) in [5, 5.41) is 7.23. The van der Waals surface area contributed by atoms with Crippen LogP contribution < -0.4 is 10.2 Å². The number of amides is 1. The van der Waals surface area contributed by atoms with Gasteiger partial charge in [-0.1, -0.05) is 18.2 Å². The highest BCUT2D eigenvalue weighted by Gasteiger charge is 2.28. The predicted molar refractivity (Wildman–Crippen MR) is 126 cm³/mol. The quantitative estimate of drug-likeness (QED) is 0.445. The zero-order valence-corrected chi connectivity index (χ0v) is 18.4. The molecule has 0 atom stereocenters. The Morgan fingerprint density at radius 1 is 1.18 bits per heavy atom. The van der Waals surface area contributed by atoms with Crippen LogP contribution in [0.2, 0.25) is 0 Å². The van der Waals surface area contributed by atoms with E-state index >= 15 is 0 Å². The molecular weight excluding hydrogens is 435 g/mol. The molecule has 1 amide bonds. The highest BCUT2D eigenvalue weighted by Crippen LogP contribution is 2.36. The number of nitrogens with one attached hydrogen (secondary N) is 1. The van der Waals surface area contributed by atoms with Crippen LogP contribution in [0.25, 0.3) is 11.3 Å².